The quantitative estimate of drug-likeness (QED) is 0.666. The number of nitrogens with zero attached hydrogens (tertiary/aromatic N) is 2. The van der Waals surface area contributed by atoms with E-state index in [0.717, 1.165) is 5.39 Å². The average Bonchev–Trinajstić information content (AvgIpc) is 2.97. The third kappa shape index (κ3) is 3.14. The Hall–Kier alpha value is -3.94. The standard InChI is InChI=1S/C21H18N4O4/c1-21(14-7-5-8-15(12-14)29-2)19(27)25(20(28)23-21)24-18(26)17-11-10-13-6-3-4-9-16(13)22-17/h3-12H,1-2H3,(H,23,28)(H,24,26)/t21-/m0/s1. The number of amides is 4. The van der Waals surface area contributed by atoms with Crippen LogP contribution in [-0.2, 0) is 10.3 Å². The fraction of sp³-hybridized carbons (Fsp3) is 0.143. The van der Waals surface area contributed by atoms with Gasteiger partial charge in [0.25, 0.3) is 11.8 Å². The summed E-state index contributed by atoms with van der Waals surface area (Å²) >= 11 is 0. The van der Waals surface area contributed by atoms with Gasteiger partial charge >= 0.3 is 6.03 Å². The molecule has 1 fully saturated rings. The number of imide groups is 1. The highest BCUT2D eigenvalue weighted by Crippen LogP contribution is 2.30. The number of para-hydroxylation sites is 1. The molecule has 29 heavy (non-hydrogen) atoms. The Balaban J connectivity index is 1.59. The van der Waals surface area contributed by atoms with Crippen LogP contribution in [0.4, 0.5) is 4.79 Å². The van der Waals surface area contributed by atoms with Crippen LogP contribution < -0.4 is 15.5 Å². The number of urea groups is 1. The average molecular weight is 390 g/mol. The number of carbonyl (C=O) groups is 3. The van der Waals surface area contributed by atoms with E-state index in [1.807, 2.05) is 18.2 Å². The highest BCUT2D eigenvalue weighted by atomic mass is 16.5. The Labute approximate surface area is 166 Å². The summed E-state index contributed by atoms with van der Waals surface area (Å²) < 4.78 is 5.19. The van der Waals surface area contributed by atoms with Crippen LogP contribution in [0.5, 0.6) is 5.75 Å². The molecule has 1 aliphatic heterocycles. The van der Waals surface area contributed by atoms with Crippen molar-refractivity contribution in [3.63, 3.8) is 0 Å². The van der Waals surface area contributed by atoms with Crippen LogP contribution in [-0.4, -0.2) is 34.9 Å². The Morgan fingerprint density at radius 2 is 1.90 bits per heavy atom. The monoisotopic (exact) mass is 390 g/mol. The van der Waals surface area contributed by atoms with Crippen molar-refractivity contribution in [2.75, 3.05) is 7.11 Å². The summed E-state index contributed by atoms with van der Waals surface area (Å²) in [5.74, 6) is -0.715. The van der Waals surface area contributed by atoms with Crippen LogP contribution >= 0.6 is 0 Å². The third-order valence-corrected chi connectivity index (χ3v) is 4.88. The molecule has 1 aromatic heterocycles. The summed E-state index contributed by atoms with van der Waals surface area (Å²) in [4.78, 5) is 42.3. The highest BCUT2D eigenvalue weighted by molar-refractivity contribution is 6.09. The van der Waals surface area contributed by atoms with Crippen LogP contribution in [0.15, 0.2) is 60.7 Å². The Kier molecular flexibility index (Phi) is 4.38. The molecule has 1 saturated heterocycles. The Bertz CT molecular complexity index is 1150. The molecular weight excluding hydrogens is 372 g/mol. The SMILES string of the molecule is COc1cccc([C@]2(C)NC(=O)N(NC(=O)c3ccc4ccccc4n3)C2=O)c1. The molecule has 0 saturated carbocycles. The lowest BCUT2D eigenvalue weighted by Crippen LogP contribution is -2.48. The molecule has 3 aromatic rings. The summed E-state index contributed by atoms with van der Waals surface area (Å²) in [6.07, 6.45) is 0. The summed E-state index contributed by atoms with van der Waals surface area (Å²) in [6, 6.07) is 16.7. The number of fused-ring (bicyclic) bond motifs is 1. The van der Waals surface area contributed by atoms with Crippen LogP contribution in [0, 0.1) is 0 Å². The van der Waals surface area contributed by atoms with Crippen molar-refractivity contribution in [2.24, 2.45) is 0 Å². The van der Waals surface area contributed by atoms with Crippen LogP contribution in [0.3, 0.4) is 0 Å². The molecule has 2 aromatic carbocycles. The predicted molar refractivity (Wildman–Crippen MR) is 105 cm³/mol. The zero-order valence-electron chi connectivity index (χ0n) is 15.8. The van der Waals surface area contributed by atoms with Gasteiger partial charge in [-0.25, -0.2) is 9.78 Å². The van der Waals surface area contributed by atoms with Gasteiger partial charge in [0.15, 0.2) is 0 Å². The van der Waals surface area contributed by atoms with Gasteiger partial charge in [0, 0.05) is 5.39 Å². The van der Waals surface area contributed by atoms with E-state index in [1.54, 1.807) is 43.3 Å². The van der Waals surface area contributed by atoms with Crippen molar-refractivity contribution >= 4 is 28.7 Å². The Morgan fingerprint density at radius 1 is 1.10 bits per heavy atom. The molecule has 4 amide bonds. The van der Waals surface area contributed by atoms with Gasteiger partial charge in [-0.15, -0.1) is 0 Å². The van der Waals surface area contributed by atoms with Gasteiger partial charge < -0.3 is 10.1 Å². The van der Waals surface area contributed by atoms with E-state index in [-0.39, 0.29) is 5.69 Å². The van der Waals surface area contributed by atoms with E-state index in [9.17, 15) is 14.4 Å². The molecule has 146 valence electrons. The number of hydrogen-bond acceptors (Lipinski definition) is 5. The van der Waals surface area contributed by atoms with Crippen molar-refractivity contribution in [3.05, 3.63) is 71.9 Å². The van der Waals surface area contributed by atoms with Crippen molar-refractivity contribution < 1.29 is 19.1 Å². The number of methoxy groups -OCH3 is 1. The molecule has 4 rings (SSSR count). The zero-order valence-corrected chi connectivity index (χ0v) is 15.8. The number of hydrazine groups is 1. The summed E-state index contributed by atoms with van der Waals surface area (Å²) in [5, 5.41) is 4.19. The van der Waals surface area contributed by atoms with Crippen molar-refractivity contribution in [2.45, 2.75) is 12.5 Å². The fourth-order valence-corrected chi connectivity index (χ4v) is 3.22. The second kappa shape index (κ2) is 6.90. The van der Waals surface area contributed by atoms with E-state index >= 15 is 0 Å². The second-order valence-corrected chi connectivity index (χ2v) is 6.76. The fourth-order valence-electron chi connectivity index (χ4n) is 3.22. The maximum Gasteiger partial charge on any atom is 0.344 e. The Morgan fingerprint density at radius 3 is 2.69 bits per heavy atom. The van der Waals surface area contributed by atoms with E-state index in [0.29, 0.717) is 21.8 Å². The molecule has 1 aliphatic rings. The number of nitrogens with one attached hydrogen (secondary N) is 2. The van der Waals surface area contributed by atoms with Gasteiger partial charge in [-0.2, -0.15) is 5.01 Å². The smallest absolute Gasteiger partial charge is 0.344 e. The lowest BCUT2D eigenvalue weighted by atomic mass is 9.92. The molecule has 8 nitrogen and oxygen atoms in total. The molecule has 0 spiro atoms. The van der Waals surface area contributed by atoms with Crippen molar-refractivity contribution in [3.8, 4) is 5.75 Å². The summed E-state index contributed by atoms with van der Waals surface area (Å²) in [7, 11) is 1.51. The molecule has 0 unspecified atom stereocenters. The van der Waals surface area contributed by atoms with Crippen LogP contribution in [0.25, 0.3) is 10.9 Å². The molecule has 0 radical (unpaired) electrons. The number of carbonyl (C=O) groups excluding carboxylic acids is 3. The molecule has 8 heteroatoms. The van der Waals surface area contributed by atoms with E-state index in [1.165, 1.54) is 13.2 Å². The zero-order chi connectivity index (χ0) is 20.6. The third-order valence-electron chi connectivity index (χ3n) is 4.88. The lowest BCUT2D eigenvalue weighted by Gasteiger charge is -2.22. The maximum absolute atomic E-state index is 13.0. The van der Waals surface area contributed by atoms with E-state index in [2.05, 4.69) is 15.7 Å². The maximum atomic E-state index is 13.0. The minimum atomic E-state index is -1.34. The topological polar surface area (TPSA) is 101 Å². The van der Waals surface area contributed by atoms with Gasteiger partial charge in [0.1, 0.15) is 17.0 Å². The van der Waals surface area contributed by atoms with Gasteiger partial charge in [-0.1, -0.05) is 36.4 Å². The first kappa shape index (κ1) is 18.4. The van der Waals surface area contributed by atoms with E-state index < -0.39 is 23.4 Å². The second-order valence-electron chi connectivity index (χ2n) is 6.76. The van der Waals surface area contributed by atoms with Crippen molar-refractivity contribution in [1.82, 2.24) is 20.7 Å². The lowest BCUT2D eigenvalue weighted by molar-refractivity contribution is -0.132. The van der Waals surface area contributed by atoms with Gasteiger partial charge in [-0.3, -0.25) is 15.0 Å². The number of hydrogen-bond donors (Lipinski definition) is 2. The number of ether oxygens (including phenoxy) is 1. The molecule has 0 aliphatic carbocycles. The number of pyridine rings is 1. The minimum Gasteiger partial charge on any atom is -0.497 e. The van der Waals surface area contributed by atoms with Crippen LogP contribution in [0.1, 0.15) is 23.0 Å². The molecule has 2 N–H and O–H groups in total. The van der Waals surface area contributed by atoms with E-state index in [4.69, 9.17) is 4.74 Å². The first-order valence-corrected chi connectivity index (χ1v) is 8.90. The highest BCUT2D eigenvalue weighted by Gasteiger charge is 2.50. The summed E-state index contributed by atoms with van der Waals surface area (Å²) in [5.41, 5.74) is 2.29. The normalized spacial score (nSPS) is 18.6. The molecule has 0 bridgehead atoms. The number of aromatic nitrogens is 1. The van der Waals surface area contributed by atoms with Crippen LogP contribution in [0.2, 0.25) is 0 Å². The number of rotatable bonds is 4. The molecule has 1 atom stereocenters. The van der Waals surface area contributed by atoms with Gasteiger partial charge in [0.05, 0.1) is 12.6 Å². The van der Waals surface area contributed by atoms with Crippen molar-refractivity contribution in [1.29, 1.82) is 0 Å². The van der Waals surface area contributed by atoms with Gasteiger partial charge in [-0.05, 0) is 36.8 Å². The largest absolute Gasteiger partial charge is 0.497 e. The molecule has 2 heterocycles. The molecular formula is C21H18N4O4. The summed E-state index contributed by atoms with van der Waals surface area (Å²) in [6.45, 7) is 1.57. The first-order chi connectivity index (χ1) is 13.9. The first-order valence-electron chi connectivity index (χ1n) is 8.90. The van der Waals surface area contributed by atoms with Gasteiger partial charge in [0.2, 0.25) is 0 Å². The minimum absolute atomic E-state index is 0.0966. The number of benzene rings is 2. The predicted octanol–water partition coefficient (Wildman–Crippen LogP) is 2.36.